The number of benzene rings is 1. The minimum absolute atomic E-state index is 0.128. The summed E-state index contributed by atoms with van der Waals surface area (Å²) in [6.45, 7) is 1.88. The van der Waals surface area contributed by atoms with Crippen LogP contribution < -0.4 is 10.5 Å². The molecule has 28 heavy (non-hydrogen) atoms. The van der Waals surface area contributed by atoms with Gasteiger partial charge in [-0.25, -0.2) is 27.6 Å². The summed E-state index contributed by atoms with van der Waals surface area (Å²) < 4.78 is 30.0. The minimum atomic E-state index is -3.78. The summed E-state index contributed by atoms with van der Waals surface area (Å²) in [6.07, 6.45) is 5.30. The summed E-state index contributed by atoms with van der Waals surface area (Å²) in [6, 6.07) is 4.43. The van der Waals surface area contributed by atoms with Crippen LogP contribution in [-0.2, 0) is 10.0 Å². The second-order valence-corrected chi connectivity index (χ2v) is 8.79. The van der Waals surface area contributed by atoms with Crippen molar-refractivity contribution in [3.05, 3.63) is 36.3 Å². The molecule has 1 aromatic carbocycles. The molecule has 2 atom stereocenters. The van der Waals surface area contributed by atoms with E-state index in [4.69, 9.17) is 5.73 Å². The lowest BCUT2D eigenvalue weighted by atomic mass is 9.93. The number of nitrogens with two attached hydrogens (primary N) is 1. The summed E-state index contributed by atoms with van der Waals surface area (Å²) in [5, 5.41) is 14.3. The molecule has 2 heterocycles. The fourth-order valence-electron chi connectivity index (χ4n) is 3.58. The number of aliphatic hydroxyl groups is 1. The number of hydrogen-bond acceptors (Lipinski definition) is 7. The van der Waals surface area contributed by atoms with Crippen molar-refractivity contribution in [3.8, 4) is 11.3 Å². The van der Waals surface area contributed by atoms with Gasteiger partial charge in [0.25, 0.3) is 0 Å². The van der Waals surface area contributed by atoms with Crippen molar-refractivity contribution in [1.82, 2.24) is 24.3 Å². The molecule has 4 N–H and O–H groups in total. The molecule has 1 aliphatic carbocycles. The van der Waals surface area contributed by atoms with E-state index in [1.807, 2.05) is 6.92 Å². The molecule has 1 saturated carbocycles. The lowest BCUT2D eigenvalue weighted by Gasteiger charge is -2.28. The van der Waals surface area contributed by atoms with E-state index in [1.54, 1.807) is 28.9 Å². The van der Waals surface area contributed by atoms with Crippen LogP contribution in [0.2, 0.25) is 0 Å². The Labute approximate surface area is 162 Å². The Balaban J connectivity index is 1.73. The van der Waals surface area contributed by atoms with Crippen LogP contribution in [0.1, 0.15) is 31.2 Å². The molecule has 1 aliphatic rings. The quantitative estimate of drug-likeness (QED) is 0.598. The highest BCUT2D eigenvalue weighted by Gasteiger charge is 2.28. The summed E-state index contributed by atoms with van der Waals surface area (Å²) in [5.41, 5.74) is 8.42. The number of nitrogens with one attached hydrogen (secondary N) is 1. The highest BCUT2D eigenvalue weighted by molar-refractivity contribution is 7.89. The first-order valence-corrected chi connectivity index (χ1v) is 10.6. The number of aliphatic hydroxyl groups excluding tert-OH is 1. The third-order valence-electron chi connectivity index (χ3n) is 5.16. The highest BCUT2D eigenvalue weighted by atomic mass is 32.2. The van der Waals surface area contributed by atoms with Gasteiger partial charge in [0.15, 0.2) is 11.5 Å². The van der Waals surface area contributed by atoms with Gasteiger partial charge in [-0.15, -0.1) is 0 Å². The molecular formula is C18H22N6O3S. The largest absolute Gasteiger partial charge is 0.391 e. The van der Waals surface area contributed by atoms with E-state index in [0.717, 1.165) is 18.4 Å². The Morgan fingerprint density at radius 2 is 2.04 bits per heavy atom. The number of aryl methyl sites for hydroxylation is 1. The Hall–Kier alpha value is -2.56. The van der Waals surface area contributed by atoms with Gasteiger partial charge in [0, 0.05) is 11.6 Å². The van der Waals surface area contributed by atoms with Crippen molar-refractivity contribution in [3.63, 3.8) is 0 Å². The number of fused-ring (bicyclic) bond motifs is 1. The van der Waals surface area contributed by atoms with Crippen LogP contribution in [0.3, 0.4) is 0 Å². The number of aromatic nitrogens is 4. The van der Waals surface area contributed by atoms with Gasteiger partial charge in [0.1, 0.15) is 6.33 Å². The average molecular weight is 402 g/mol. The van der Waals surface area contributed by atoms with E-state index in [0.29, 0.717) is 29.7 Å². The molecule has 3 aromatic rings. The second kappa shape index (κ2) is 7.12. The number of rotatable bonds is 4. The lowest BCUT2D eigenvalue weighted by Crippen LogP contribution is -2.44. The predicted molar refractivity (Wildman–Crippen MR) is 104 cm³/mol. The van der Waals surface area contributed by atoms with E-state index in [1.165, 1.54) is 6.33 Å². The summed E-state index contributed by atoms with van der Waals surface area (Å²) >= 11 is 0. The van der Waals surface area contributed by atoms with E-state index in [9.17, 15) is 13.5 Å². The average Bonchev–Trinajstić information content (AvgIpc) is 3.09. The van der Waals surface area contributed by atoms with E-state index >= 15 is 0 Å². The molecule has 9 nitrogen and oxygen atoms in total. The number of imidazole rings is 1. The number of anilines is 1. The molecule has 148 valence electrons. The fraction of sp³-hybridized carbons (Fsp3) is 0.389. The number of nitrogen functional groups attached to an aromatic ring is 1. The Morgan fingerprint density at radius 1 is 1.25 bits per heavy atom. The molecule has 0 radical (unpaired) electrons. The summed E-state index contributed by atoms with van der Waals surface area (Å²) in [4.78, 5) is 8.29. The van der Waals surface area contributed by atoms with Gasteiger partial charge in [-0.3, -0.25) is 0 Å². The van der Waals surface area contributed by atoms with Gasteiger partial charge in [0.2, 0.25) is 10.0 Å². The van der Waals surface area contributed by atoms with Crippen LogP contribution in [-0.4, -0.2) is 45.3 Å². The molecule has 1 fully saturated rings. The molecular weight excluding hydrogens is 380 g/mol. The van der Waals surface area contributed by atoms with E-state index in [2.05, 4.69) is 19.8 Å². The first kappa shape index (κ1) is 18.8. The summed E-state index contributed by atoms with van der Waals surface area (Å²) in [5.74, 6) is 0.246. The van der Waals surface area contributed by atoms with Crippen molar-refractivity contribution in [1.29, 1.82) is 0 Å². The first-order valence-electron chi connectivity index (χ1n) is 9.12. The predicted octanol–water partition coefficient (Wildman–Crippen LogP) is 1.26. The van der Waals surface area contributed by atoms with Crippen molar-refractivity contribution in [2.75, 3.05) is 5.73 Å². The monoisotopic (exact) mass is 402 g/mol. The van der Waals surface area contributed by atoms with Crippen LogP contribution in [0, 0.1) is 6.92 Å². The standard InChI is InChI=1S/C18H22N6O3S/c1-11-6-7-12(28(26,27)23-14-4-2-3-5-16(14)25)8-13(11)15-9-20-18-17(19)21-10-22-24(15)18/h6-10,14,16,23,25H,2-5H2,1H3,(H2,19,21,22). The third-order valence-corrected chi connectivity index (χ3v) is 6.65. The maximum Gasteiger partial charge on any atom is 0.240 e. The van der Waals surface area contributed by atoms with Crippen molar-refractivity contribution in [2.45, 2.75) is 49.6 Å². The Morgan fingerprint density at radius 3 is 2.82 bits per heavy atom. The van der Waals surface area contributed by atoms with Crippen LogP contribution in [0.25, 0.3) is 16.9 Å². The maximum atomic E-state index is 12.9. The highest BCUT2D eigenvalue weighted by Crippen LogP contribution is 2.28. The van der Waals surface area contributed by atoms with Crippen LogP contribution in [0.15, 0.2) is 35.6 Å². The van der Waals surface area contributed by atoms with E-state index < -0.39 is 22.2 Å². The smallest absolute Gasteiger partial charge is 0.240 e. The minimum Gasteiger partial charge on any atom is -0.391 e. The molecule has 0 spiro atoms. The van der Waals surface area contributed by atoms with E-state index in [-0.39, 0.29) is 10.7 Å². The van der Waals surface area contributed by atoms with Crippen LogP contribution >= 0.6 is 0 Å². The molecule has 0 amide bonds. The first-order chi connectivity index (χ1) is 13.4. The number of sulfonamides is 1. The van der Waals surface area contributed by atoms with Crippen LogP contribution in [0.5, 0.6) is 0 Å². The molecule has 2 aromatic heterocycles. The third kappa shape index (κ3) is 3.34. The number of nitrogens with zero attached hydrogens (tertiary/aromatic N) is 4. The molecule has 4 rings (SSSR count). The van der Waals surface area contributed by atoms with Gasteiger partial charge in [0.05, 0.1) is 22.9 Å². The zero-order valence-electron chi connectivity index (χ0n) is 15.4. The van der Waals surface area contributed by atoms with Crippen molar-refractivity contribution >= 4 is 21.5 Å². The zero-order valence-corrected chi connectivity index (χ0v) is 16.2. The molecule has 0 aliphatic heterocycles. The van der Waals surface area contributed by atoms with Gasteiger partial charge in [-0.2, -0.15) is 5.10 Å². The Kier molecular flexibility index (Phi) is 4.77. The summed E-state index contributed by atoms with van der Waals surface area (Å²) in [7, 11) is -3.78. The van der Waals surface area contributed by atoms with Gasteiger partial charge < -0.3 is 10.8 Å². The van der Waals surface area contributed by atoms with Crippen LogP contribution in [0.4, 0.5) is 5.82 Å². The lowest BCUT2D eigenvalue weighted by molar-refractivity contribution is 0.101. The van der Waals surface area contributed by atoms with Crippen molar-refractivity contribution < 1.29 is 13.5 Å². The SMILES string of the molecule is Cc1ccc(S(=O)(=O)NC2CCCCC2O)cc1-c1cnc2c(N)ncnn12. The van der Waals surface area contributed by atoms with Gasteiger partial charge >= 0.3 is 0 Å². The normalized spacial score (nSPS) is 20.5. The molecule has 2 unspecified atom stereocenters. The molecule has 0 saturated heterocycles. The molecule has 0 bridgehead atoms. The Bertz CT molecular complexity index is 1130. The van der Waals surface area contributed by atoms with Gasteiger partial charge in [-0.1, -0.05) is 18.9 Å². The fourth-order valence-corrected chi connectivity index (χ4v) is 4.91. The molecule has 10 heteroatoms. The van der Waals surface area contributed by atoms with Crippen molar-refractivity contribution in [2.24, 2.45) is 0 Å². The van der Waals surface area contributed by atoms with Gasteiger partial charge in [-0.05, 0) is 37.5 Å². The zero-order chi connectivity index (χ0) is 19.9. The second-order valence-electron chi connectivity index (χ2n) is 7.08. The maximum absolute atomic E-state index is 12.9. The topological polar surface area (TPSA) is 136 Å². The number of hydrogen-bond donors (Lipinski definition) is 3.